The van der Waals surface area contributed by atoms with Gasteiger partial charge in [0.2, 0.25) is 0 Å². The molecule has 0 fully saturated rings. The molecule has 2 heterocycles. The van der Waals surface area contributed by atoms with Gasteiger partial charge in [0.15, 0.2) is 5.82 Å². The standard InChI is InChI=1S/C19H13N5O3/c25-24(26)14-7-5-13(6-8-14)18-10-9-15(27-18)11-22-23-19-16-3-1-2-4-17(16)20-12-21-19/h1-12H,(H,20,21,23)/b22-11-. The Morgan fingerprint density at radius 2 is 1.85 bits per heavy atom. The zero-order valence-electron chi connectivity index (χ0n) is 13.9. The maximum Gasteiger partial charge on any atom is 0.269 e. The summed E-state index contributed by atoms with van der Waals surface area (Å²) < 4.78 is 5.70. The fourth-order valence-corrected chi connectivity index (χ4v) is 2.58. The molecule has 0 aliphatic rings. The Morgan fingerprint density at radius 3 is 2.67 bits per heavy atom. The summed E-state index contributed by atoms with van der Waals surface area (Å²) in [5.41, 5.74) is 4.49. The number of para-hydroxylation sites is 1. The topological polar surface area (TPSA) is 106 Å². The van der Waals surface area contributed by atoms with Crippen molar-refractivity contribution in [1.82, 2.24) is 9.97 Å². The van der Waals surface area contributed by atoms with Crippen LogP contribution >= 0.6 is 0 Å². The summed E-state index contributed by atoms with van der Waals surface area (Å²) in [6.45, 7) is 0. The highest BCUT2D eigenvalue weighted by molar-refractivity contribution is 5.89. The molecule has 2 aromatic heterocycles. The van der Waals surface area contributed by atoms with Crippen molar-refractivity contribution in [2.24, 2.45) is 5.10 Å². The molecular formula is C19H13N5O3. The highest BCUT2D eigenvalue weighted by Gasteiger charge is 2.08. The monoisotopic (exact) mass is 359 g/mol. The van der Waals surface area contributed by atoms with Gasteiger partial charge in [-0.2, -0.15) is 5.10 Å². The first-order chi connectivity index (χ1) is 13.2. The van der Waals surface area contributed by atoms with E-state index in [9.17, 15) is 10.1 Å². The van der Waals surface area contributed by atoms with Gasteiger partial charge in [0.25, 0.3) is 5.69 Å². The second kappa shape index (κ2) is 7.04. The van der Waals surface area contributed by atoms with Crippen molar-refractivity contribution in [3.63, 3.8) is 0 Å². The van der Waals surface area contributed by atoms with E-state index >= 15 is 0 Å². The molecule has 0 aliphatic heterocycles. The molecule has 132 valence electrons. The largest absolute Gasteiger partial charge is 0.455 e. The first kappa shape index (κ1) is 16.4. The van der Waals surface area contributed by atoms with Crippen LogP contribution in [0.5, 0.6) is 0 Å². The predicted octanol–water partition coefficient (Wildman–Crippen LogP) is 4.24. The van der Waals surface area contributed by atoms with E-state index < -0.39 is 4.92 Å². The van der Waals surface area contributed by atoms with E-state index in [1.54, 1.807) is 24.3 Å². The Hall–Kier alpha value is -4.07. The van der Waals surface area contributed by atoms with Crippen molar-refractivity contribution in [2.45, 2.75) is 0 Å². The normalized spacial score (nSPS) is 11.1. The van der Waals surface area contributed by atoms with Gasteiger partial charge in [-0.05, 0) is 36.4 Å². The van der Waals surface area contributed by atoms with Gasteiger partial charge in [-0.3, -0.25) is 15.5 Å². The SMILES string of the molecule is O=[N+]([O-])c1ccc(-c2ccc(/C=N\Nc3ncnc4ccccc34)o2)cc1. The molecule has 0 atom stereocenters. The Bertz CT molecular complexity index is 1130. The number of nitrogens with one attached hydrogen (secondary N) is 1. The van der Waals surface area contributed by atoms with E-state index in [-0.39, 0.29) is 5.69 Å². The molecule has 0 radical (unpaired) electrons. The average molecular weight is 359 g/mol. The van der Waals surface area contributed by atoms with Gasteiger partial charge in [0.05, 0.1) is 16.7 Å². The lowest BCUT2D eigenvalue weighted by Gasteiger charge is -2.02. The molecule has 0 saturated carbocycles. The van der Waals surface area contributed by atoms with Crippen molar-refractivity contribution in [2.75, 3.05) is 5.43 Å². The quantitative estimate of drug-likeness (QED) is 0.324. The zero-order chi connectivity index (χ0) is 18.6. The number of benzene rings is 2. The van der Waals surface area contributed by atoms with Crippen molar-refractivity contribution >= 4 is 28.6 Å². The average Bonchev–Trinajstić information content (AvgIpc) is 3.17. The van der Waals surface area contributed by atoms with Crippen LogP contribution in [0.1, 0.15) is 5.76 Å². The molecule has 1 N–H and O–H groups in total. The van der Waals surface area contributed by atoms with Gasteiger partial charge in [-0.1, -0.05) is 12.1 Å². The number of anilines is 1. The lowest BCUT2D eigenvalue weighted by Crippen LogP contribution is -1.95. The number of nitro groups is 1. The van der Waals surface area contributed by atoms with E-state index in [2.05, 4.69) is 20.5 Å². The number of hydrogen-bond donors (Lipinski definition) is 1. The second-order valence-electron chi connectivity index (χ2n) is 5.62. The molecule has 0 saturated heterocycles. The fraction of sp³-hybridized carbons (Fsp3) is 0. The molecular weight excluding hydrogens is 346 g/mol. The Kier molecular flexibility index (Phi) is 4.28. The van der Waals surface area contributed by atoms with Crippen LogP contribution in [0.4, 0.5) is 11.5 Å². The molecule has 0 aliphatic carbocycles. The number of nitro benzene ring substituents is 1. The molecule has 0 bridgehead atoms. The molecule has 0 unspecified atom stereocenters. The fourth-order valence-electron chi connectivity index (χ4n) is 2.58. The van der Waals surface area contributed by atoms with Gasteiger partial charge >= 0.3 is 0 Å². The number of aromatic nitrogens is 2. The number of nitrogens with zero attached hydrogens (tertiary/aromatic N) is 4. The van der Waals surface area contributed by atoms with Crippen LogP contribution < -0.4 is 5.43 Å². The number of hydrogen-bond acceptors (Lipinski definition) is 7. The third kappa shape index (κ3) is 3.49. The Morgan fingerprint density at radius 1 is 1.04 bits per heavy atom. The minimum absolute atomic E-state index is 0.0355. The molecule has 4 rings (SSSR count). The third-order valence-corrected chi connectivity index (χ3v) is 3.89. The van der Waals surface area contributed by atoms with E-state index in [0.717, 1.165) is 16.5 Å². The van der Waals surface area contributed by atoms with E-state index in [4.69, 9.17) is 4.42 Å². The summed E-state index contributed by atoms with van der Waals surface area (Å²) in [6.07, 6.45) is 3.01. The van der Waals surface area contributed by atoms with Crippen molar-refractivity contribution in [1.29, 1.82) is 0 Å². The summed E-state index contributed by atoms with van der Waals surface area (Å²) in [7, 11) is 0. The van der Waals surface area contributed by atoms with Crippen LogP contribution in [0.2, 0.25) is 0 Å². The Balaban J connectivity index is 1.49. The van der Waals surface area contributed by atoms with Crippen LogP contribution in [0.25, 0.3) is 22.2 Å². The van der Waals surface area contributed by atoms with Crippen molar-refractivity contribution in [3.05, 3.63) is 82.9 Å². The van der Waals surface area contributed by atoms with Crippen LogP contribution in [0.3, 0.4) is 0 Å². The van der Waals surface area contributed by atoms with Crippen molar-refractivity contribution < 1.29 is 9.34 Å². The maximum atomic E-state index is 10.7. The zero-order valence-corrected chi connectivity index (χ0v) is 13.9. The highest BCUT2D eigenvalue weighted by Crippen LogP contribution is 2.24. The van der Waals surface area contributed by atoms with Crippen LogP contribution in [-0.4, -0.2) is 21.1 Å². The second-order valence-corrected chi connectivity index (χ2v) is 5.62. The van der Waals surface area contributed by atoms with E-state index in [1.807, 2.05) is 24.3 Å². The number of rotatable bonds is 5. The number of non-ortho nitro benzene ring substituents is 1. The number of fused-ring (bicyclic) bond motifs is 1. The lowest BCUT2D eigenvalue weighted by molar-refractivity contribution is -0.384. The van der Waals surface area contributed by atoms with Gasteiger partial charge in [0.1, 0.15) is 17.8 Å². The van der Waals surface area contributed by atoms with Gasteiger partial charge < -0.3 is 4.42 Å². The third-order valence-electron chi connectivity index (χ3n) is 3.89. The number of hydrazone groups is 1. The van der Waals surface area contributed by atoms with Gasteiger partial charge in [-0.15, -0.1) is 0 Å². The summed E-state index contributed by atoms with van der Waals surface area (Å²) in [6, 6.07) is 17.3. The van der Waals surface area contributed by atoms with E-state index in [0.29, 0.717) is 17.3 Å². The molecule has 8 heteroatoms. The number of furan rings is 1. The minimum atomic E-state index is -0.438. The van der Waals surface area contributed by atoms with Crippen LogP contribution in [-0.2, 0) is 0 Å². The maximum absolute atomic E-state index is 10.7. The van der Waals surface area contributed by atoms with Gasteiger partial charge in [-0.25, -0.2) is 9.97 Å². The predicted molar refractivity (Wildman–Crippen MR) is 102 cm³/mol. The van der Waals surface area contributed by atoms with Gasteiger partial charge in [0, 0.05) is 23.1 Å². The summed E-state index contributed by atoms with van der Waals surface area (Å²) in [5, 5.41) is 15.7. The highest BCUT2D eigenvalue weighted by atomic mass is 16.6. The summed E-state index contributed by atoms with van der Waals surface area (Å²) in [5.74, 6) is 1.73. The molecule has 27 heavy (non-hydrogen) atoms. The minimum Gasteiger partial charge on any atom is -0.455 e. The summed E-state index contributed by atoms with van der Waals surface area (Å²) >= 11 is 0. The molecule has 0 amide bonds. The summed E-state index contributed by atoms with van der Waals surface area (Å²) in [4.78, 5) is 18.7. The van der Waals surface area contributed by atoms with Crippen LogP contribution in [0, 0.1) is 10.1 Å². The Labute approximate surface area is 153 Å². The lowest BCUT2D eigenvalue weighted by atomic mass is 10.1. The van der Waals surface area contributed by atoms with Crippen molar-refractivity contribution in [3.8, 4) is 11.3 Å². The first-order valence-electron chi connectivity index (χ1n) is 8.04. The first-order valence-corrected chi connectivity index (χ1v) is 8.04. The molecule has 0 spiro atoms. The smallest absolute Gasteiger partial charge is 0.269 e. The molecule has 8 nitrogen and oxygen atoms in total. The van der Waals surface area contributed by atoms with E-state index in [1.165, 1.54) is 24.7 Å². The molecule has 4 aromatic rings. The van der Waals surface area contributed by atoms with Crippen LogP contribution in [0.15, 0.2) is 76.5 Å². The molecule has 2 aromatic carbocycles.